The first kappa shape index (κ1) is 15.1. The molecule has 0 aliphatic carbocycles. The van der Waals surface area contributed by atoms with E-state index in [1.165, 1.54) is 19.4 Å². The molecule has 114 valence electrons. The highest BCUT2D eigenvalue weighted by Gasteiger charge is 2.32. The predicted molar refractivity (Wildman–Crippen MR) is 75.7 cm³/mol. The van der Waals surface area contributed by atoms with Gasteiger partial charge in [-0.2, -0.15) is 0 Å². The van der Waals surface area contributed by atoms with E-state index in [4.69, 9.17) is 5.11 Å². The summed E-state index contributed by atoms with van der Waals surface area (Å²) in [6.07, 6.45) is 5.07. The number of urea groups is 1. The molecule has 2 saturated heterocycles. The van der Waals surface area contributed by atoms with Crippen molar-refractivity contribution in [2.24, 2.45) is 0 Å². The quantitative estimate of drug-likeness (QED) is 0.717. The summed E-state index contributed by atoms with van der Waals surface area (Å²) in [7, 11) is 0. The maximum absolute atomic E-state index is 12.0. The van der Waals surface area contributed by atoms with Crippen molar-refractivity contribution in [1.82, 2.24) is 15.1 Å². The molecule has 20 heavy (non-hydrogen) atoms. The zero-order valence-electron chi connectivity index (χ0n) is 12.0. The summed E-state index contributed by atoms with van der Waals surface area (Å²) in [6.45, 7) is 4.50. The van der Waals surface area contributed by atoms with Gasteiger partial charge in [0.15, 0.2) is 0 Å². The molecular formula is C14H25N3O3. The Labute approximate surface area is 120 Å². The van der Waals surface area contributed by atoms with Gasteiger partial charge in [0.05, 0.1) is 0 Å². The van der Waals surface area contributed by atoms with E-state index >= 15 is 0 Å². The van der Waals surface area contributed by atoms with E-state index in [-0.39, 0.29) is 12.5 Å². The Bertz CT molecular complexity index is 349. The lowest BCUT2D eigenvalue weighted by Crippen LogP contribution is -2.54. The van der Waals surface area contributed by atoms with E-state index in [1.54, 1.807) is 0 Å². The molecule has 0 radical (unpaired) electrons. The highest BCUT2D eigenvalue weighted by atomic mass is 16.4. The third kappa shape index (κ3) is 4.37. The number of nitrogens with zero attached hydrogens (tertiary/aromatic N) is 2. The molecule has 6 heteroatoms. The Morgan fingerprint density at radius 2 is 2.00 bits per heavy atom. The average molecular weight is 283 g/mol. The first-order valence-electron chi connectivity index (χ1n) is 7.65. The van der Waals surface area contributed by atoms with Crippen LogP contribution in [0.1, 0.15) is 38.5 Å². The van der Waals surface area contributed by atoms with Crippen molar-refractivity contribution in [2.75, 3.05) is 32.7 Å². The van der Waals surface area contributed by atoms with Gasteiger partial charge in [0.25, 0.3) is 0 Å². The van der Waals surface area contributed by atoms with Crippen LogP contribution in [0.4, 0.5) is 4.79 Å². The Balaban J connectivity index is 1.57. The molecule has 2 amide bonds. The van der Waals surface area contributed by atoms with Gasteiger partial charge in [0.1, 0.15) is 0 Å². The fourth-order valence-corrected chi connectivity index (χ4v) is 3.06. The van der Waals surface area contributed by atoms with E-state index in [2.05, 4.69) is 10.2 Å². The predicted octanol–water partition coefficient (Wildman–Crippen LogP) is 1.12. The van der Waals surface area contributed by atoms with Crippen molar-refractivity contribution < 1.29 is 14.7 Å². The maximum atomic E-state index is 12.0. The number of hydrogen-bond acceptors (Lipinski definition) is 3. The second kappa shape index (κ2) is 7.47. The summed E-state index contributed by atoms with van der Waals surface area (Å²) in [4.78, 5) is 26.8. The molecule has 2 N–H and O–H groups in total. The number of piperazine rings is 1. The van der Waals surface area contributed by atoms with Crippen molar-refractivity contribution in [3.8, 4) is 0 Å². The lowest BCUT2D eigenvalue weighted by atomic mass is 10.1. The minimum absolute atomic E-state index is 0.0368. The number of hydrogen-bond donors (Lipinski definition) is 2. The number of carbonyl (C=O) groups is 2. The number of fused-ring (bicyclic) bond motifs is 1. The number of aliphatic carboxylic acids is 1. The van der Waals surface area contributed by atoms with Crippen molar-refractivity contribution in [1.29, 1.82) is 0 Å². The Hall–Kier alpha value is -1.30. The van der Waals surface area contributed by atoms with Crippen molar-refractivity contribution in [3.63, 3.8) is 0 Å². The van der Waals surface area contributed by atoms with Crippen molar-refractivity contribution in [3.05, 3.63) is 0 Å². The normalized spacial score (nSPS) is 22.6. The second-order valence-electron chi connectivity index (χ2n) is 5.71. The number of carboxylic acids is 1. The van der Waals surface area contributed by atoms with Crippen LogP contribution in [0.25, 0.3) is 0 Å². The molecule has 0 aromatic heterocycles. The van der Waals surface area contributed by atoms with Gasteiger partial charge in [0.2, 0.25) is 0 Å². The highest BCUT2D eigenvalue weighted by Crippen LogP contribution is 2.21. The lowest BCUT2D eigenvalue weighted by molar-refractivity contribution is -0.137. The standard InChI is InChI=1S/C14H25N3O3/c18-13(19)6-2-1-3-7-15-14(20)17-10-9-16-8-4-5-12(16)11-17/h12H,1-11H2,(H,15,20)(H,18,19). The Kier molecular flexibility index (Phi) is 5.64. The van der Waals surface area contributed by atoms with Gasteiger partial charge in [-0.15, -0.1) is 0 Å². The van der Waals surface area contributed by atoms with Gasteiger partial charge in [-0.05, 0) is 32.2 Å². The number of nitrogens with one attached hydrogen (secondary N) is 1. The summed E-state index contributed by atoms with van der Waals surface area (Å²) < 4.78 is 0. The number of carboxylic acid groups (broad SMARTS) is 1. The van der Waals surface area contributed by atoms with Crippen LogP contribution in [0, 0.1) is 0 Å². The zero-order valence-corrected chi connectivity index (χ0v) is 12.0. The second-order valence-corrected chi connectivity index (χ2v) is 5.71. The van der Waals surface area contributed by atoms with E-state index in [1.807, 2.05) is 4.90 Å². The van der Waals surface area contributed by atoms with Crippen LogP contribution in [0.2, 0.25) is 0 Å². The first-order chi connectivity index (χ1) is 9.66. The summed E-state index contributed by atoms with van der Waals surface area (Å²) in [6, 6.07) is 0.597. The van der Waals surface area contributed by atoms with Gasteiger partial charge < -0.3 is 15.3 Å². The maximum Gasteiger partial charge on any atom is 0.317 e. The SMILES string of the molecule is O=C(O)CCCCCNC(=O)N1CCN2CCCC2C1. The summed E-state index contributed by atoms with van der Waals surface area (Å²) in [5.41, 5.74) is 0. The van der Waals surface area contributed by atoms with Gasteiger partial charge in [0, 0.05) is 38.6 Å². The van der Waals surface area contributed by atoms with Crippen molar-refractivity contribution in [2.45, 2.75) is 44.6 Å². The summed E-state index contributed by atoms with van der Waals surface area (Å²) in [5, 5.41) is 11.5. The average Bonchev–Trinajstić information content (AvgIpc) is 2.89. The number of amides is 2. The molecule has 1 unspecified atom stereocenters. The van der Waals surface area contributed by atoms with Crippen LogP contribution >= 0.6 is 0 Å². The van der Waals surface area contributed by atoms with Crippen LogP contribution in [-0.4, -0.2) is 65.7 Å². The largest absolute Gasteiger partial charge is 0.481 e. The third-order valence-corrected chi connectivity index (χ3v) is 4.22. The topological polar surface area (TPSA) is 72.9 Å². The fourth-order valence-electron chi connectivity index (χ4n) is 3.06. The fraction of sp³-hybridized carbons (Fsp3) is 0.857. The molecule has 2 aliphatic heterocycles. The number of carbonyl (C=O) groups excluding carboxylic acids is 1. The molecule has 2 rings (SSSR count). The zero-order chi connectivity index (χ0) is 14.4. The molecule has 1 atom stereocenters. The molecule has 2 fully saturated rings. The molecular weight excluding hydrogens is 258 g/mol. The number of unbranched alkanes of at least 4 members (excludes halogenated alkanes) is 2. The van der Waals surface area contributed by atoms with Gasteiger partial charge >= 0.3 is 12.0 Å². The summed E-state index contributed by atoms with van der Waals surface area (Å²) >= 11 is 0. The number of rotatable bonds is 6. The highest BCUT2D eigenvalue weighted by molar-refractivity contribution is 5.74. The van der Waals surface area contributed by atoms with Crippen LogP contribution in [0.5, 0.6) is 0 Å². The Morgan fingerprint density at radius 3 is 2.80 bits per heavy atom. The molecule has 0 aromatic rings. The van der Waals surface area contributed by atoms with Crippen LogP contribution < -0.4 is 5.32 Å². The molecule has 6 nitrogen and oxygen atoms in total. The van der Waals surface area contributed by atoms with E-state index in [0.717, 1.165) is 32.5 Å². The first-order valence-corrected chi connectivity index (χ1v) is 7.65. The van der Waals surface area contributed by atoms with E-state index < -0.39 is 5.97 Å². The van der Waals surface area contributed by atoms with Gasteiger partial charge in [-0.25, -0.2) is 4.79 Å². The van der Waals surface area contributed by atoms with Crippen LogP contribution in [0.3, 0.4) is 0 Å². The molecule has 0 aromatic carbocycles. The Morgan fingerprint density at radius 1 is 1.15 bits per heavy atom. The monoisotopic (exact) mass is 283 g/mol. The molecule has 2 heterocycles. The van der Waals surface area contributed by atoms with Crippen LogP contribution in [-0.2, 0) is 4.79 Å². The third-order valence-electron chi connectivity index (χ3n) is 4.22. The van der Waals surface area contributed by atoms with E-state index in [9.17, 15) is 9.59 Å². The minimum atomic E-state index is -0.747. The molecule has 0 bridgehead atoms. The van der Waals surface area contributed by atoms with Crippen LogP contribution in [0.15, 0.2) is 0 Å². The lowest BCUT2D eigenvalue weighted by Gasteiger charge is -2.37. The minimum Gasteiger partial charge on any atom is -0.481 e. The smallest absolute Gasteiger partial charge is 0.317 e. The molecule has 0 saturated carbocycles. The van der Waals surface area contributed by atoms with Gasteiger partial charge in [-0.3, -0.25) is 9.69 Å². The van der Waals surface area contributed by atoms with Crippen molar-refractivity contribution >= 4 is 12.0 Å². The van der Waals surface area contributed by atoms with E-state index in [0.29, 0.717) is 19.0 Å². The molecule has 2 aliphatic rings. The molecule has 0 spiro atoms. The van der Waals surface area contributed by atoms with Gasteiger partial charge in [-0.1, -0.05) is 6.42 Å². The summed E-state index contributed by atoms with van der Waals surface area (Å²) in [5.74, 6) is -0.747.